The van der Waals surface area contributed by atoms with E-state index in [1.807, 2.05) is 0 Å². The molecular formula is C16H19Cl2N3O5. The number of hydrogen-bond acceptors (Lipinski definition) is 6. The number of ether oxygens (including phenoxy) is 3. The Morgan fingerprint density at radius 1 is 1.04 bits per heavy atom. The monoisotopic (exact) mass is 403 g/mol. The second-order valence-electron chi connectivity index (χ2n) is 4.98. The summed E-state index contributed by atoms with van der Waals surface area (Å²) in [5.74, 6) is 0. The van der Waals surface area contributed by atoms with E-state index in [9.17, 15) is 9.59 Å². The molecular weight excluding hydrogens is 385 g/mol. The first-order valence-corrected chi connectivity index (χ1v) is 8.78. The van der Waals surface area contributed by atoms with Gasteiger partial charge in [-0.25, -0.2) is 14.5 Å². The zero-order valence-electron chi connectivity index (χ0n) is 14.6. The molecule has 0 fully saturated rings. The number of hydrazone groups is 1. The summed E-state index contributed by atoms with van der Waals surface area (Å²) in [6.45, 7) is 5.58. The molecule has 1 aromatic carbocycles. The Morgan fingerprint density at radius 2 is 1.69 bits per heavy atom. The average molecular weight is 404 g/mol. The van der Waals surface area contributed by atoms with Gasteiger partial charge in [-0.05, 0) is 38.5 Å². The fourth-order valence-electron chi connectivity index (χ4n) is 2.30. The first-order chi connectivity index (χ1) is 12.4. The number of amides is 2. The van der Waals surface area contributed by atoms with E-state index in [4.69, 9.17) is 37.4 Å². The fourth-order valence-corrected chi connectivity index (χ4v) is 2.61. The van der Waals surface area contributed by atoms with Crippen LogP contribution in [0.25, 0.3) is 0 Å². The van der Waals surface area contributed by atoms with Crippen molar-refractivity contribution in [3.8, 4) is 0 Å². The van der Waals surface area contributed by atoms with Crippen molar-refractivity contribution in [3.05, 3.63) is 33.8 Å². The van der Waals surface area contributed by atoms with Crippen LogP contribution in [0.3, 0.4) is 0 Å². The third-order valence-electron chi connectivity index (χ3n) is 3.31. The predicted molar refractivity (Wildman–Crippen MR) is 96.0 cm³/mol. The van der Waals surface area contributed by atoms with Gasteiger partial charge in [0.1, 0.15) is 0 Å². The highest BCUT2D eigenvalue weighted by atomic mass is 35.5. The normalized spacial score (nSPS) is 16.3. The lowest BCUT2D eigenvalue weighted by molar-refractivity contribution is 0.0595. The number of amidine groups is 1. The molecule has 0 aromatic heterocycles. The van der Waals surface area contributed by atoms with E-state index < -0.39 is 18.4 Å². The third kappa shape index (κ3) is 4.13. The molecule has 1 atom stereocenters. The van der Waals surface area contributed by atoms with E-state index in [1.165, 1.54) is 6.07 Å². The van der Waals surface area contributed by atoms with E-state index >= 15 is 0 Å². The standard InChI is InChI=1S/C16H19Cl2N3O5/c1-4-24-14-19-21(16(23)26-6-3)13(20(14)15(22)25-5-2)10-7-8-11(17)12(18)9-10/h7-9,13H,4-6H2,1-3H3. The first kappa shape index (κ1) is 20.1. The van der Waals surface area contributed by atoms with Crippen molar-refractivity contribution >= 4 is 41.4 Å². The Balaban J connectivity index is 2.51. The van der Waals surface area contributed by atoms with Crippen molar-refractivity contribution in [2.45, 2.75) is 26.9 Å². The number of carbonyl (C=O) groups is 2. The molecule has 0 saturated carbocycles. The van der Waals surface area contributed by atoms with Crippen molar-refractivity contribution in [3.63, 3.8) is 0 Å². The van der Waals surface area contributed by atoms with Crippen LogP contribution in [-0.2, 0) is 14.2 Å². The lowest BCUT2D eigenvalue weighted by Gasteiger charge is -2.27. The Labute approximate surface area is 161 Å². The third-order valence-corrected chi connectivity index (χ3v) is 4.05. The van der Waals surface area contributed by atoms with Crippen LogP contribution in [0.5, 0.6) is 0 Å². The summed E-state index contributed by atoms with van der Waals surface area (Å²) in [6, 6.07) is 4.65. The van der Waals surface area contributed by atoms with Crippen LogP contribution in [0.2, 0.25) is 10.0 Å². The van der Waals surface area contributed by atoms with Crippen LogP contribution in [0.1, 0.15) is 32.5 Å². The lowest BCUT2D eigenvalue weighted by Crippen LogP contribution is -2.42. The SMILES string of the molecule is CCOC(=O)N1N=C(OCC)N(C(=O)OCC)C1c1ccc(Cl)c(Cl)c1. The molecule has 1 aromatic rings. The van der Waals surface area contributed by atoms with Gasteiger partial charge in [-0.15, -0.1) is 5.10 Å². The van der Waals surface area contributed by atoms with E-state index in [-0.39, 0.29) is 30.9 Å². The van der Waals surface area contributed by atoms with Crippen LogP contribution in [0.4, 0.5) is 9.59 Å². The highest BCUT2D eigenvalue weighted by Gasteiger charge is 2.45. The van der Waals surface area contributed by atoms with Crippen LogP contribution in [0, 0.1) is 0 Å². The molecule has 0 N–H and O–H groups in total. The van der Waals surface area contributed by atoms with Crippen molar-refractivity contribution in [1.29, 1.82) is 0 Å². The summed E-state index contributed by atoms with van der Waals surface area (Å²) in [4.78, 5) is 26.0. The zero-order valence-corrected chi connectivity index (χ0v) is 16.1. The minimum absolute atomic E-state index is 0.0740. The number of halogens is 2. The van der Waals surface area contributed by atoms with Gasteiger partial charge in [-0.3, -0.25) is 0 Å². The second-order valence-corrected chi connectivity index (χ2v) is 5.79. The van der Waals surface area contributed by atoms with Crippen LogP contribution < -0.4 is 0 Å². The first-order valence-electron chi connectivity index (χ1n) is 8.02. The molecule has 0 aliphatic carbocycles. The number of rotatable bonds is 4. The van der Waals surface area contributed by atoms with E-state index in [2.05, 4.69) is 5.10 Å². The Kier molecular flexibility index (Phi) is 6.93. The van der Waals surface area contributed by atoms with Crippen molar-refractivity contribution < 1.29 is 23.8 Å². The Bertz CT molecular complexity index is 713. The average Bonchev–Trinajstić information content (AvgIpc) is 2.97. The number of carbonyl (C=O) groups excluding carboxylic acids is 2. The summed E-state index contributed by atoms with van der Waals surface area (Å²) in [5.41, 5.74) is 0.485. The molecule has 0 bridgehead atoms. The second kappa shape index (κ2) is 8.95. The highest BCUT2D eigenvalue weighted by Crippen LogP contribution is 2.35. The molecule has 26 heavy (non-hydrogen) atoms. The summed E-state index contributed by atoms with van der Waals surface area (Å²) in [5, 5.41) is 5.70. The number of nitrogens with zero attached hydrogens (tertiary/aromatic N) is 3. The minimum Gasteiger partial charge on any atom is -0.464 e. The van der Waals surface area contributed by atoms with Gasteiger partial charge in [0, 0.05) is 0 Å². The Morgan fingerprint density at radius 3 is 2.27 bits per heavy atom. The Hall–Kier alpha value is -2.19. The molecule has 1 unspecified atom stereocenters. The van der Waals surface area contributed by atoms with Crippen LogP contribution in [0.15, 0.2) is 23.3 Å². The summed E-state index contributed by atoms with van der Waals surface area (Å²) in [6.07, 6.45) is -2.44. The van der Waals surface area contributed by atoms with Gasteiger partial charge in [0.25, 0.3) is 0 Å². The molecule has 8 nitrogen and oxygen atoms in total. The summed E-state index contributed by atoms with van der Waals surface area (Å²) >= 11 is 12.1. The summed E-state index contributed by atoms with van der Waals surface area (Å²) < 4.78 is 15.5. The molecule has 0 radical (unpaired) electrons. The minimum atomic E-state index is -0.982. The molecule has 142 valence electrons. The molecule has 1 aliphatic heterocycles. The van der Waals surface area contributed by atoms with E-state index in [0.29, 0.717) is 10.6 Å². The van der Waals surface area contributed by atoms with Crippen molar-refractivity contribution in [1.82, 2.24) is 9.91 Å². The lowest BCUT2D eigenvalue weighted by atomic mass is 10.1. The van der Waals surface area contributed by atoms with Crippen molar-refractivity contribution in [2.75, 3.05) is 19.8 Å². The zero-order chi connectivity index (χ0) is 19.3. The van der Waals surface area contributed by atoms with Crippen LogP contribution in [-0.4, -0.2) is 47.9 Å². The topological polar surface area (TPSA) is 80.7 Å². The molecule has 2 rings (SSSR count). The largest absolute Gasteiger partial charge is 0.464 e. The van der Waals surface area contributed by atoms with Gasteiger partial charge >= 0.3 is 18.2 Å². The highest BCUT2D eigenvalue weighted by molar-refractivity contribution is 6.42. The quantitative estimate of drug-likeness (QED) is 0.750. The molecule has 1 heterocycles. The maximum absolute atomic E-state index is 12.5. The van der Waals surface area contributed by atoms with Gasteiger partial charge in [-0.2, -0.15) is 5.01 Å². The predicted octanol–water partition coefficient (Wildman–Crippen LogP) is 4.23. The van der Waals surface area contributed by atoms with Gasteiger partial charge < -0.3 is 14.2 Å². The summed E-state index contributed by atoms with van der Waals surface area (Å²) in [7, 11) is 0. The van der Waals surface area contributed by atoms with E-state index in [1.54, 1.807) is 32.9 Å². The van der Waals surface area contributed by atoms with Crippen LogP contribution >= 0.6 is 23.2 Å². The number of hydrogen-bond donors (Lipinski definition) is 0. The van der Waals surface area contributed by atoms with Gasteiger partial charge in [-0.1, -0.05) is 29.3 Å². The van der Waals surface area contributed by atoms with Gasteiger partial charge in [0.05, 0.1) is 29.9 Å². The van der Waals surface area contributed by atoms with Crippen molar-refractivity contribution in [2.24, 2.45) is 5.10 Å². The van der Waals surface area contributed by atoms with Gasteiger partial charge in [0.2, 0.25) is 0 Å². The molecule has 0 spiro atoms. The number of benzene rings is 1. The fraction of sp³-hybridized carbons (Fsp3) is 0.438. The van der Waals surface area contributed by atoms with Gasteiger partial charge in [0.15, 0.2) is 6.17 Å². The molecule has 10 heteroatoms. The van der Waals surface area contributed by atoms with E-state index in [0.717, 1.165) is 9.91 Å². The molecule has 0 saturated heterocycles. The maximum Gasteiger partial charge on any atom is 0.432 e. The molecule has 1 aliphatic rings. The smallest absolute Gasteiger partial charge is 0.432 e. The maximum atomic E-state index is 12.5. The molecule has 2 amide bonds.